The average Bonchev–Trinajstić information content (AvgIpc) is 2.29. The monoisotopic (exact) mass is 240 g/mol. The van der Waals surface area contributed by atoms with Gasteiger partial charge in [-0.1, -0.05) is 62.8 Å². The minimum atomic E-state index is -0.0821. The smallest absolute Gasteiger partial charge is 0.189 e. The fourth-order valence-electron chi connectivity index (χ4n) is 2.25. The summed E-state index contributed by atoms with van der Waals surface area (Å²) in [4.78, 5) is 12.5. The zero-order valence-electron chi connectivity index (χ0n) is 11.6. The minimum absolute atomic E-state index is 0.0821. The summed E-state index contributed by atoms with van der Waals surface area (Å²) in [6.45, 7) is 8.33. The fourth-order valence-corrected chi connectivity index (χ4v) is 2.25. The maximum Gasteiger partial charge on any atom is 0.189 e. The van der Waals surface area contributed by atoms with Crippen molar-refractivity contribution in [2.45, 2.75) is 34.1 Å². The Morgan fingerprint density at radius 3 is 2.17 bits per heavy atom. The number of rotatable bonds is 1. The number of allylic oxidation sites excluding steroid dienone is 4. The van der Waals surface area contributed by atoms with Gasteiger partial charge in [-0.3, -0.25) is 4.79 Å². The van der Waals surface area contributed by atoms with Crippen molar-refractivity contribution in [3.8, 4) is 0 Å². The van der Waals surface area contributed by atoms with Crippen molar-refractivity contribution in [1.82, 2.24) is 0 Å². The number of carbonyl (C=O) groups excluding carboxylic acids is 1. The van der Waals surface area contributed by atoms with Gasteiger partial charge in [-0.2, -0.15) is 0 Å². The summed E-state index contributed by atoms with van der Waals surface area (Å²) in [7, 11) is 0. The molecule has 0 aromatic heterocycles. The number of aryl methyl sites for hydroxylation is 1. The van der Waals surface area contributed by atoms with E-state index in [4.69, 9.17) is 0 Å². The lowest BCUT2D eigenvalue weighted by Crippen LogP contribution is -2.21. The normalized spacial score (nSPS) is 16.3. The van der Waals surface area contributed by atoms with E-state index in [0.29, 0.717) is 0 Å². The van der Waals surface area contributed by atoms with Crippen LogP contribution in [-0.4, -0.2) is 5.78 Å². The molecule has 2 rings (SSSR count). The quantitative estimate of drug-likeness (QED) is 0.714. The van der Waals surface area contributed by atoms with Crippen LogP contribution in [0.25, 0.3) is 5.57 Å². The number of benzene rings is 1. The first-order valence-corrected chi connectivity index (χ1v) is 6.42. The van der Waals surface area contributed by atoms with Crippen LogP contribution in [0.2, 0.25) is 0 Å². The molecule has 1 aliphatic carbocycles. The molecule has 0 atom stereocenters. The third kappa shape index (κ3) is 2.45. The molecule has 0 fully saturated rings. The van der Waals surface area contributed by atoms with Crippen LogP contribution in [0.3, 0.4) is 0 Å². The Morgan fingerprint density at radius 1 is 1.00 bits per heavy atom. The van der Waals surface area contributed by atoms with Crippen LogP contribution in [0.4, 0.5) is 0 Å². The second-order valence-electron chi connectivity index (χ2n) is 5.92. The van der Waals surface area contributed by atoms with Crippen LogP contribution in [0.5, 0.6) is 0 Å². The zero-order valence-corrected chi connectivity index (χ0v) is 11.6. The Balaban J connectivity index is 2.35. The van der Waals surface area contributed by atoms with Gasteiger partial charge in [-0.25, -0.2) is 0 Å². The van der Waals surface area contributed by atoms with E-state index in [0.717, 1.165) is 23.1 Å². The van der Waals surface area contributed by atoms with E-state index in [1.165, 1.54) is 5.56 Å². The molecule has 1 aliphatic rings. The van der Waals surface area contributed by atoms with Gasteiger partial charge in [0.1, 0.15) is 0 Å². The van der Waals surface area contributed by atoms with Crippen molar-refractivity contribution in [3.05, 3.63) is 53.1 Å². The van der Waals surface area contributed by atoms with Crippen LogP contribution in [0.1, 0.15) is 38.3 Å². The lowest BCUT2D eigenvalue weighted by molar-refractivity contribution is -0.111. The molecule has 0 N–H and O–H groups in total. The lowest BCUT2D eigenvalue weighted by atomic mass is 9.78. The number of Topliss-reactive ketones (excluding diaryl/α,β-unsaturated/α-hetero) is 1. The molecule has 0 bridgehead atoms. The molecular weight excluding hydrogens is 220 g/mol. The molecule has 1 aromatic rings. The molecule has 0 aliphatic heterocycles. The molecular formula is C17H20O. The molecule has 0 spiro atoms. The largest absolute Gasteiger partial charge is 0.289 e. The van der Waals surface area contributed by atoms with E-state index in [1.54, 1.807) is 0 Å². The summed E-state index contributed by atoms with van der Waals surface area (Å²) in [5.74, 6) is 0.178. The number of ketones is 1. The first-order valence-electron chi connectivity index (χ1n) is 6.42. The van der Waals surface area contributed by atoms with E-state index < -0.39 is 0 Å². The van der Waals surface area contributed by atoms with Crippen LogP contribution in [0.15, 0.2) is 42.0 Å². The molecule has 94 valence electrons. The van der Waals surface area contributed by atoms with E-state index in [9.17, 15) is 4.79 Å². The van der Waals surface area contributed by atoms with Crippen molar-refractivity contribution in [3.63, 3.8) is 0 Å². The first kappa shape index (κ1) is 12.8. The van der Waals surface area contributed by atoms with Crippen LogP contribution in [0, 0.1) is 12.3 Å². The maximum absolute atomic E-state index is 12.5. The lowest BCUT2D eigenvalue weighted by Gasteiger charge is -2.25. The fraction of sp³-hybridized carbons (Fsp3) is 0.353. The highest BCUT2D eigenvalue weighted by Crippen LogP contribution is 2.34. The van der Waals surface area contributed by atoms with Crippen LogP contribution < -0.4 is 0 Å². The second-order valence-corrected chi connectivity index (χ2v) is 5.92. The first-order chi connectivity index (χ1) is 8.39. The molecule has 1 nitrogen and oxygen atoms in total. The molecule has 1 aromatic carbocycles. The van der Waals surface area contributed by atoms with E-state index in [1.807, 2.05) is 18.2 Å². The molecule has 0 unspecified atom stereocenters. The number of hydrogen-bond donors (Lipinski definition) is 0. The summed E-state index contributed by atoms with van der Waals surface area (Å²) >= 11 is 0. The van der Waals surface area contributed by atoms with Crippen LogP contribution >= 0.6 is 0 Å². The van der Waals surface area contributed by atoms with Crippen molar-refractivity contribution in [1.29, 1.82) is 0 Å². The second kappa shape index (κ2) is 4.56. The van der Waals surface area contributed by atoms with Crippen molar-refractivity contribution in [2.24, 2.45) is 5.41 Å². The minimum Gasteiger partial charge on any atom is -0.289 e. The van der Waals surface area contributed by atoms with Gasteiger partial charge < -0.3 is 0 Å². The molecule has 18 heavy (non-hydrogen) atoms. The third-order valence-corrected chi connectivity index (χ3v) is 3.30. The van der Waals surface area contributed by atoms with Crippen molar-refractivity contribution in [2.75, 3.05) is 0 Å². The summed E-state index contributed by atoms with van der Waals surface area (Å²) in [6, 6.07) is 8.17. The Kier molecular flexibility index (Phi) is 3.25. The zero-order chi connectivity index (χ0) is 13.3. The highest BCUT2D eigenvalue weighted by atomic mass is 16.1. The Bertz CT molecular complexity index is 522. The molecule has 0 heterocycles. The van der Waals surface area contributed by atoms with Crippen LogP contribution in [-0.2, 0) is 4.79 Å². The molecule has 0 saturated heterocycles. The van der Waals surface area contributed by atoms with Gasteiger partial charge in [0.25, 0.3) is 0 Å². The Morgan fingerprint density at radius 2 is 1.61 bits per heavy atom. The van der Waals surface area contributed by atoms with Gasteiger partial charge in [0.05, 0.1) is 0 Å². The number of carbonyl (C=O) groups is 1. The van der Waals surface area contributed by atoms with Gasteiger partial charge in [0.2, 0.25) is 0 Å². The van der Waals surface area contributed by atoms with E-state index in [-0.39, 0.29) is 11.2 Å². The van der Waals surface area contributed by atoms with E-state index in [2.05, 4.69) is 45.9 Å². The predicted molar refractivity (Wildman–Crippen MR) is 76.3 cm³/mol. The standard InChI is InChI=1S/C17H20O/c1-12-8-10-13(11-9-12)14-6-5-7-15(16(14)18)17(2,3)4/h6-11H,5H2,1-4H3. The van der Waals surface area contributed by atoms with Gasteiger partial charge in [-0.05, 0) is 24.3 Å². The molecule has 0 radical (unpaired) electrons. The summed E-state index contributed by atoms with van der Waals surface area (Å²) in [5.41, 5.74) is 3.94. The summed E-state index contributed by atoms with van der Waals surface area (Å²) < 4.78 is 0. The van der Waals surface area contributed by atoms with E-state index >= 15 is 0 Å². The Hall–Kier alpha value is -1.63. The SMILES string of the molecule is Cc1ccc(C2=CCC=C(C(C)(C)C)C2=O)cc1. The highest BCUT2D eigenvalue weighted by molar-refractivity contribution is 6.29. The third-order valence-electron chi connectivity index (χ3n) is 3.30. The summed E-state index contributed by atoms with van der Waals surface area (Å²) in [6.07, 6.45) is 4.93. The Labute approximate surface area is 109 Å². The average molecular weight is 240 g/mol. The molecule has 1 heteroatoms. The highest BCUT2D eigenvalue weighted by Gasteiger charge is 2.28. The maximum atomic E-state index is 12.5. The van der Waals surface area contributed by atoms with Gasteiger partial charge in [-0.15, -0.1) is 0 Å². The topological polar surface area (TPSA) is 17.1 Å². The predicted octanol–water partition coefficient (Wildman–Crippen LogP) is 4.32. The molecule has 0 saturated carbocycles. The van der Waals surface area contributed by atoms with Gasteiger partial charge >= 0.3 is 0 Å². The van der Waals surface area contributed by atoms with Crippen molar-refractivity contribution < 1.29 is 4.79 Å². The summed E-state index contributed by atoms with van der Waals surface area (Å²) in [5, 5.41) is 0. The van der Waals surface area contributed by atoms with Gasteiger partial charge in [0, 0.05) is 11.1 Å². The molecule has 0 amide bonds. The number of hydrogen-bond acceptors (Lipinski definition) is 1. The van der Waals surface area contributed by atoms with Crippen molar-refractivity contribution >= 4 is 11.4 Å². The van der Waals surface area contributed by atoms with Gasteiger partial charge in [0.15, 0.2) is 5.78 Å².